The fourth-order valence-electron chi connectivity index (χ4n) is 12.4. The number of benzene rings is 12. The van der Waals surface area contributed by atoms with Crippen LogP contribution in [0.1, 0.15) is 17.5 Å². The van der Waals surface area contributed by atoms with Gasteiger partial charge in [-0.25, -0.2) is 0 Å². The highest BCUT2D eigenvalue weighted by Crippen LogP contribution is 2.46. The molecule has 1 aliphatic rings. The average Bonchev–Trinajstić information content (AvgIpc) is 4.25. The summed E-state index contributed by atoms with van der Waals surface area (Å²) in [5.41, 5.74) is 21.0. The van der Waals surface area contributed by atoms with Crippen LogP contribution in [0.5, 0.6) is 0 Å². The lowest BCUT2D eigenvalue weighted by molar-refractivity contribution is 0.986. The number of anilines is 6. The number of fused-ring (bicyclic) bond motifs is 8. The molecule has 4 heteroatoms. The lowest BCUT2D eigenvalue weighted by atomic mass is 9.89. The first-order valence-electron chi connectivity index (χ1n) is 27.0. The Morgan fingerprint density at radius 3 is 1.29 bits per heavy atom. The average molecular weight is 997 g/mol. The van der Waals surface area contributed by atoms with Crippen LogP contribution < -0.4 is 9.80 Å². The minimum Gasteiger partial charge on any atom is -0.310 e. The maximum atomic E-state index is 2.42. The van der Waals surface area contributed by atoms with Crippen LogP contribution in [0.2, 0.25) is 0 Å². The summed E-state index contributed by atoms with van der Waals surface area (Å²) in [6.45, 7) is 0. The van der Waals surface area contributed by atoms with E-state index in [4.69, 9.17) is 0 Å². The molecule has 1 aliphatic carbocycles. The molecule has 4 nitrogen and oxygen atoms in total. The zero-order valence-electron chi connectivity index (χ0n) is 42.9. The first-order chi connectivity index (χ1) is 38.7. The van der Waals surface area contributed by atoms with Crippen LogP contribution in [-0.4, -0.2) is 9.13 Å². The van der Waals surface area contributed by atoms with E-state index in [1.54, 1.807) is 0 Å². The van der Waals surface area contributed by atoms with E-state index in [1.807, 2.05) is 0 Å². The standard InChI is InChI=1S/C74H52N4/c1-5-24-55(25-6-1)75(61-40-44-73-69(49-61)67-46-53(65-36-17-22-51-20-13-15-34-63(51)65)38-42-71(67)77(73)57-28-9-3-10-29-57)59-32-19-33-60(48-59)76(56-26-7-2-8-27-56)62-41-45-74-70(50-62)68-47-54(66-37-18-23-52-21-14-16-35-64(52)66)39-43-72(68)78(74)58-30-11-4-12-31-58/h1-13,15-20,22-50H,14,21H2. The van der Waals surface area contributed by atoms with Gasteiger partial charge in [0.05, 0.1) is 22.1 Å². The Balaban J connectivity index is 0.905. The molecular weight excluding hydrogens is 945 g/mol. The lowest BCUT2D eigenvalue weighted by Crippen LogP contribution is -2.13. The molecule has 0 fully saturated rings. The van der Waals surface area contributed by atoms with Crippen LogP contribution in [0.4, 0.5) is 34.1 Å². The van der Waals surface area contributed by atoms with Crippen LogP contribution in [0.25, 0.3) is 94.1 Å². The van der Waals surface area contributed by atoms with Crippen LogP contribution in [0, 0.1) is 0 Å². The van der Waals surface area contributed by atoms with Crippen molar-refractivity contribution < 1.29 is 0 Å². The molecule has 2 heterocycles. The van der Waals surface area contributed by atoms with Crippen LogP contribution in [0.3, 0.4) is 0 Å². The monoisotopic (exact) mass is 996 g/mol. The second kappa shape index (κ2) is 18.9. The van der Waals surface area contributed by atoms with Gasteiger partial charge in [-0.1, -0.05) is 164 Å². The Hall–Kier alpha value is -10.2. The van der Waals surface area contributed by atoms with Crippen molar-refractivity contribution in [3.05, 3.63) is 296 Å². The third kappa shape index (κ3) is 7.68. The predicted molar refractivity (Wildman–Crippen MR) is 330 cm³/mol. The van der Waals surface area contributed by atoms with Crippen molar-refractivity contribution in [3.8, 4) is 33.6 Å². The quantitative estimate of drug-likeness (QED) is 0.136. The minimum absolute atomic E-state index is 1.05. The van der Waals surface area contributed by atoms with Crippen molar-refractivity contribution in [3.63, 3.8) is 0 Å². The predicted octanol–water partition coefficient (Wildman–Crippen LogP) is 20.3. The van der Waals surface area contributed by atoms with E-state index in [-0.39, 0.29) is 0 Å². The molecule has 0 spiro atoms. The van der Waals surface area contributed by atoms with Gasteiger partial charge in [0.1, 0.15) is 0 Å². The highest BCUT2D eigenvalue weighted by molar-refractivity contribution is 6.14. The summed E-state index contributed by atoms with van der Waals surface area (Å²) < 4.78 is 4.83. The molecule has 0 saturated carbocycles. The summed E-state index contributed by atoms with van der Waals surface area (Å²) in [5.74, 6) is 0. The van der Waals surface area contributed by atoms with E-state index in [0.29, 0.717) is 0 Å². The summed E-state index contributed by atoms with van der Waals surface area (Å²) in [4.78, 5) is 4.81. The summed E-state index contributed by atoms with van der Waals surface area (Å²) in [6, 6.07) is 102. The molecular formula is C74H52N4. The maximum Gasteiger partial charge on any atom is 0.0542 e. The van der Waals surface area contributed by atoms with Gasteiger partial charge < -0.3 is 18.9 Å². The molecule has 0 amide bonds. The SMILES string of the molecule is C1=Cc2c(cccc2-c2ccc3c(c2)c2cc(N(c4ccccc4)c4cccc(N(c5ccccc5)c5ccc6c(c5)c5cc(-c7cccc8ccccc78)ccc5n6-c5ccccc5)c4)ccc2n3-c2ccccc2)CC1. The van der Waals surface area contributed by atoms with Crippen molar-refractivity contribution in [1.29, 1.82) is 0 Å². The smallest absolute Gasteiger partial charge is 0.0542 e. The van der Waals surface area contributed by atoms with Crippen LogP contribution >= 0.6 is 0 Å². The second-order valence-electron chi connectivity index (χ2n) is 20.4. The van der Waals surface area contributed by atoms with Gasteiger partial charge in [-0.2, -0.15) is 0 Å². The number of allylic oxidation sites excluding steroid dienone is 1. The minimum atomic E-state index is 1.05. The van der Waals surface area contributed by atoms with E-state index < -0.39 is 0 Å². The summed E-state index contributed by atoms with van der Waals surface area (Å²) in [7, 11) is 0. The Kier molecular flexibility index (Phi) is 11.0. The first-order valence-corrected chi connectivity index (χ1v) is 27.0. The van der Waals surface area contributed by atoms with Gasteiger partial charge in [0.2, 0.25) is 0 Å². The van der Waals surface area contributed by atoms with Crippen molar-refractivity contribution in [2.75, 3.05) is 9.80 Å². The molecule has 78 heavy (non-hydrogen) atoms. The fraction of sp³-hybridized carbons (Fsp3) is 0.0270. The number of para-hydroxylation sites is 4. The molecule has 0 N–H and O–H groups in total. The van der Waals surface area contributed by atoms with E-state index in [0.717, 1.165) is 69.4 Å². The Labute approximate surface area is 453 Å². The van der Waals surface area contributed by atoms with Gasteiger partial charge in [-0.05, 0) is 184 Å². The van der Waals surface area contributed by atoms with Gasteiger partial charge in [0, 0.05) is 67.0 Å². The topological polar surface area (TPSA) is 16.3 Å². The number of hydrogen-bond donors (Lipinski definition) is 0. The molecule has 0 radical (unpaired) electrons. The Morgan fingerprint density at radius 2 is 0.718 bits per heavy atom. The van der Waals surface area contributed by atoms with Gasteiger partial charge in [0.25, 0.3) is 0 Å². The van der Waals surface area contributed by atoms with Gasteiger partial charge in [0.15, 0.2) is 0 Å². The van der Waals surface area contributed by atoms with Crippen LogP contribution in [0.15, 0.2) is 285 Å². The highest BCUT2D eigenvalue weighted by atomic mass is 15.2. The summed E-state index contributed by atoms with van der Waals surface area (Å²) in [6.07, 6.45) is 6.79. The molecule has 0 aliphatic heterocycles. The molecule has 14 aromatic rings. The maximum absolute atomic E-state index is 2.42. The number of nitrogens with zero attached hydrogens (tertiary/aromatic N) is 4. The third-order valence-electron chi connectivity index (χ3n) is 15.9. The molecule has 0 bridgehead atoms. The summed E-state index contributed by atoms with van der Waals surface area (Å²) in [5, 5.41) is 7.29. The van der Waals surface area contributed by atoms with Gasteiger partial charge in [-0.15, -0.1) is 0 Å². The summed E-state index contributed by atoms with van der Waals surface area (Å²) >= 11 is 0. The first kappa shape index (κ1) is 45.3. The highest BCUT2D eigenvalue weighted by Gasteiger charge is 2.23. The number of aromatic nitrogens is 2. The largest absolute Gasteiger partial charge is 0.310 e. The van der Waals surface area contributed by atoms with Gasteiger partial charge >= 0.3 is 0 Å². The molecule has 0 saturated heterocycles. The number of hydrogen-bond acceptors (Lipinski definition) is 2. The molecule has 12 aromatic carbocycles. The van der Waals surface area contributed by atoms with E-state index in [2.05, 4.69) is 310 Å². The molecule has 0 unspecified atom stereocenters. The second-order valence-corrected chi connectivity index (χ2v) is 20.4. The fourth-order valence-corrected chi connectivity index (χ4v) is 12.4. The van der Waals surface area contributed by atoms with Crippen LogP contribution in [-0.2, 0) is 6.42 Å². The molecule has 0 atom stereocenters. The zero-order chi connectivity index (χ0) is 51.5. The molecule has 2 aromatic heterocycles. The van der Waals surface area contributed by atoms with E-state index in [9.17, 15) is 0 Å². The van der Waals surface area contributed by atoms with Crippen molar-refractivity contribution >= 4 is 94.6 Å². The Morgan fingerprint density at radius 1 is 0.295 bits per heavy atom. The third-order valence-corrected chi connectivity index (χ3v) is 15.9. The van der Waals surface area contributed by atoms with Crippen molar-refractivity contribution in [2.45, 2.75) is 12.8 Å². The number of rotatable bonds is 10. The van der Waals surface area contributed by atoms with Crippen molar-refractivity contribution in [1.82, 2.24) is 9.13 Å². The Bertz CT molecular complexity index is 4600. The van der Waals surface area contributed by atoms with Gasteiger partial charge in [-0.3, -0.25) is 0 Å². The van der Waals surface area contributed by atoms with Crippen molar-refractivity contribution in [2.24, 2.45) is 0 Å². The zero-order valence-corrected chi connectivity index (χ0v) is 42.9. The van der Waals surface area contributed by atoms with E-state index in [1.165, 1.54) is 76.7 Å². The normalized spacial score (nSPS) is 12.2. The molecule has 15 rings (SSSR count). The lowest BCUT2D eigenvalue weighted by Gasteiger charge is -2.29. The number of aryl methyl sites for hydroxylation is 1. The molecule has 368 valence electrons. The van der Waals surface area contributed by atoms with E-state index >= 15 is 0 Å².